The van der Waals surface area contributed by atoms with Gasteiger partial charge in [0.2, 0.25) is 0 Å². The normalized spacial score (nSPS) is 7.50. The zero-order valence-electron chi connectivity index (χ0n) is 5.29. The van der Waals surface area contributed by atoms with Gasteiger partial charge in [-0.2, -0.15) is 0 Å². The third-order valence-electron chi connectivity index (χ3n) is 0.905. The molecule has 2 nitrogen and oxygen atoms in total. The molecule has 0 spiro atoms. The monoisotopic (exact) mass is 138 g/mol. The Bertz CT molecular complexity index is 199. The zero-order valence-corrected chi connectivity index (χ0v) is 5.29. The molecule has 3 heteroatoms. The summed E-state index contributed by atoms with van der Waals surface area (Å²) < 4.78 is 12.2. The van der Waals surface area contributed by atoms with Crippen LogP contribution in [0.2, 0.25) is 0 Å². The molecule has 0 aliphatic carbocycles. The van der Waals surface area contributed by atoms with Crippen molar-refractivity contribution in [1.82, 2.24) is 0 Å². The second-order valence-electron chi connectivity index (χ2n) is 1.52. The number of para-hydroxylation sites is 1. The van der Waals surface area contributed by atoms with Gasteiger partial charge in [0, 0.05) is 6.57 Å². The SMILES string of the molecule is C#N.Nc1ccccc1F. The van der Waals surface area contributed by atoms with Crippen LogP contribution in [0.5, 0.6) is 0 Å². The lowest BCUT2D eigenvalue weighted by Gasteiger charge is -1.89. The van der Waals surface area contributed by atoms with Gasteiger partial charge in [0.25, 0.3) is 0 Å². The van der Waals surface area contributed by atoms with Crippen LogP contribution in [0.3, 0.4) is 0 Å². The number of nitrogen functional groups attached to an aromatic ring is 1. The van der Waals surface area contributed by atoms with E-state index in [9.17, 15) is 4.39 Å². The number of nitriles is 1. The number of anilines is 1. The Morgan fingerprint density at radius 3 is 2.10 bits per heavy atom. The van der Waals surface area contributed by atoms with Gasteiger partial charge >= 0.3 is 0 Å². The molecule has 0 aliphatic heterocycles. The first-order valence-corrected chi connectivity index (χ1v) is 2.56. The van der Waals surface area contributed by atoms with E-state index in [0.29, 0.717) is 0 Å². The van der Waals surface area contributed by atoms with Crippen molar-refractivity contribution in [3.05, 3.63) is 30.1 Å². The Labute approximate surface area is 58.7 Å². The van der Waals surface area contributed by atoms with Crippen LogP contribution >= 0.6 is 0 Å². The van der Waals surface area contributed by atoms with E-state index in [1.807, 2.05) is 0 Å². The number of hydrogen-bond donors (Lipinski definition) is 1. The third-order valence-corrected chi connectivity index (χ3v) is 0.905. The fourth-order valence-corrected chi connectivity index (χ4v) is 0.475. The van der Waals surface area contributed by atoms with E-state index in [1.54, 1.807) is 12.1 Å². The quantitative estimate of drug-likeness (QED) is 0.553. The van der Waals surface area contributed by atoms with E-state index in [0.717, 1.165) is 0 Å². The highest BCUT2D eigenvalue weighted by Crippen LogP contribution is 2.05. The second kappa shape index (κ2) is 4.33. The summed E-state index contributed by atoms with van der Waals surface area (Å²) in [5.74, 6) is -0.354. The molecule has 0 bridgehead atoms. The fraction of sp³-hybridized carbons (Fsp3) is 0. The number of benzene rings is 1. The molecule has 2 N–H and O–H groups in total. The van der Waals surface area contributed by atoms with Crippen molar-refractivity contribution in [2.45, 2.75) is 0 Å². The Morgan fingerprint density at radius 2 is 1.80 bits per heavy atom. The van der Waals surface area contributed by atoms with Gasteiger partial charge in [-0.15, -0.1) is 0 Å². The molecular formula is C7H7FN2. The maximum atomic E-state index is 12.2. The first kappa shape index (κ1) is 8.44. The molecule has 52 valence electrons. The van der Waals surface area contributed by atoms with Gasteiger partial charge in [0.05, 0.1) is 5.69 Å². The molecule has 1 aromatic rings. The van der Waals surface area contributed by atoms with Crippen LogP contribution in [0.4, 0.5) is 10.1 Å². The van der Waals surface area contributed by atoms with E-state index in [1.165, 1.54) is 12.1 Å². The topological polar surface area (TPSA) is 49.8 Å². The predicted molar refractivity (Wildman–Crippen MR) is 37.5 cm³/mol. The molecule has 0 aliphatic rings. The van der Waals surface area contributed by atoms with Crippen molar-refractivity contribution in [3.63, 3.8) is 0 Å². The van der Waals surface area contributed by atoms with Gasteiger partial charge in [-0.1, -0.05) is 12.1 Å². The van der Waals surface area contributed by atoms with Crippen LogP contribution in [-0.2, 0) is 0 Å². The highest BCUT2D eigenvalue weighted by molar-refractivity contribution is 5.38. The van der Waals surface area contributed by atoms with Crippen molar-refractivity contribution in [3.8, 4) is 6.57 Å². The van der Waals surface area contributed by atoms with Crippen molar-refractivity contribution in [2.75, 3.05) is 5.73 Å². The standard InChI is InChI=1S/C6H6FN.CHN/c7-5-3-1-2-4-6(5)8;1-2/h1-4H,8H2;1H. The molecule has 0 heterocycles. The summed E-state index contributed by atoms with van der Waals surface area (Å²) in [4.78, 5) is 0. The van der Waals surface area contributed by atoms with Crippen molar-refractivity contribution in [2.24, 2.45) is 0 Å². The Morgan fingerprint density at radius 1 is 1.30 bits per heavy atom. The van der Waals surface area contributed by atoms with Crippen LogP contribution in [-0.4, -0.2) is 0 Å². The average molecular weight is 138 g/mol. The summed E-state index contributed by atoms with van der Waals surface area (Å²) in [7, 11) is 0. The number of rotatable bonds is 0. The summed E-state index contributed by atoms with van der Waals surface area (Å²) >= 11 is 0. The van der Waals surface area contributed by atoms with Crippen LogP contribution in [0, 0.1) is 17.7 Å². The number of nitrogens with two attached hydrogens (primary N) is 1. The molecule has 0 amide bonds. The molecule has 1 aromatic carbocycles. The number of halogens is 1. The maximum Gasteiger partial charge on any atom is 0.146 e. The van der Waals surface area contributed by atoms with E-state index in [-0.39, 0.29) is 11.5 Å². The molecule has 0 radical (unpaired) electrons. The first-order valence-electron chi connectivity index (χ1n) is 2.56. The van der Waals surface area contributed by atoms with E-state index < -0.39 is 0 Å². The molecule has 0 saturated heterocycles. The summed E-state index contributed by atoms with van der Waals surface area (Å²) in [5.41, 5.74) is 5.35. The molecular weight excluding hydrogens is 131 g/mol. The minimum absolute atomic E-state index is 0.201. The van der Waals surface area contributed by atoms with Gasteiger partial charge in [0.15, 0.2) is 0 Å². The van der Waals surface area contributed by atoms with Crippen LogP contribution in [0.15, 0.2) is 24.3 Å². The fourth-order valence-electron chi connectivity index (χ4n) is 0.475. The Kier molecular flexibility index (Phi) is 3.66. The van der Waals surface area contributed by atoms with Crippen molar-refractivity contribution < 1.29 is 4.39 Å². The molecule has 0 saturated carbocycles. The lowest BCUT2D eigenvalue weighted by molar-refractivity contribution is 0.632. The minimum atomic E-state index is -0.354. The Hall–Kier alpha value is -1.56. The summed E-state index contributed by atoms with van der Waals surface area (Å²) in [6, 6.07) is 6.15. The van der Waals surface area contributed by atoms with Gasteiger partial charge in [-0.3, -0.25) is 0 Å². The molecule has 1 rings (SSSR count). The van der Waals surface area contributed by atoms with Crippen LogP contribution in [0.25, 0.3) is 0 Å². The van der Waals surface area contributed by atoms with E-state index in [2.05, 4.69) is 6.57 Å². The largest absolute Gasteiger partial charge is 0.396 e. The average Bonchev–Trinajstić information content (AvgIpc) is 2.00. The first-order chi connectivity index (χ1) is 4.80. The van der Waals surface area contributed by atoms with E-state index in [4.69, 9.17) is 11.0 Å². The molecule has 0 fully saturated rings. The minimum Gasteiger partial charge on any atom is -0.396 e. The molecule has 10 heavy (non-hydrogen) atoms. The van der Waals surface area contributed by atoms with Crippen LogP contribution in [0.1, 0.15) is 0 Å². The third kappa shape index (κ3) is 2.14. The Balaban J connectivity index is 0.000000371. The highest BCUT2D eigenvalue weighted by atomic mass is 19.1. The van der Waals surface area contributed by atoms with Gasteiger partial charge < -0.3 is 5.73 Å². The lowest BCUT2D eigenvalue weighted by atomic mass is 10.3. The van der Waals surface area contributed by atoms with Gasteiger partial charge in [-0.25, -0.2) is 9.65 Å². The molecule has 0 aromatic heterocycles. The molecule has 0 unspecified atom stereocenters. The lowest BCUT2D eigenvalue weighted by Crippen LogP contribution is -1.86. The van der Waals surface area contributed by atoms with Crippen LogP contribution < -0.4 is 5.73 Å². The van der Waals surface area contributed by atoms with Crippen molar-refractivity contribution >= 4 is 5.69 Å². The smallest absolute Gasteiger partial charge is 0.146 e. The number of nitrogens with zero attached hydrogens (tertiary/aromatic N) is 1. The van der Waals surface area contributed by atoms with E-state index >= 15 is 0 Å². The van der Waals surface area contributed by atoms with Gasteiger partial charge in [-0.05, 0) is 12.1 Å². The summed E-state index contributed by atoms with van der Waals surface area (Å²) in [6.45, 7) is 3.50. The number of hydrogen-bond acceptors (Lipinski definition) is 2. The predicted octanol–water partition coefficient (Wildman–Crippen LogP) is 1.55. The zero-order chi connectivity index (χ0) is 7.98. The summed E-state index contributed by atoms with van der Waals surface area (Å²) in [5, 5.41) is 6.50. The molecule has 0 atom stereocenters. The van der Waals surface area contributed by atoms with Gasteiger partial charge in [0.1, 0.15) is 5.82 Å². The maximum absolute atomic E-state index is 12.2. The second-order valence-corrected chi connectivity index (χ2v) is 1.52. The highest BCUT2D eigenvalue weighted by Gasteiger charge is 1.89. The van der Waals surface area contributed by atoms with Crippen molar-refractivity contribution in [1.29, 1.82) is 5.26 Å². The summed E-state index contributed by atoms with van der Waals surface area (Å²) in [6.07, 6.45) is 0.